The predicted molar refractivity (Wildman–Crippen MR) is 92.5 cm³/mol. The molecule has 1 amide bonds. The fraction of sp³-hybridized carbons (Fsp3) is 0.500. The third kappa shape index (κ3) is 2.79. The molecule has 5 nitrogen and oxygen atoms in total. The lowest BCUT2D eigenvalue weighted by atomic mass is 9.99. The minimum absolute atomic E-state index is 0.158. The van der Waals surface area contributed by atoms with Gasteiger partial charge in [-0.3, -0.25) is 9.78 Å². The van der Waals surface area contributed by atoms with Crippen LogP contribution in [0.3, 0.4) is 0 Å². The third-order valence-electron chi connectivity index (χ3n) is 4.96. The first-order valence-corrected chi connectivity index (χ1v) is 9.27. The van der Waals surface area contributed by atoms with Gasteiger partial charge in [0.1, 0.15) is 16.7 Å². The van der Waals surface area contributed by atoms with Crippen molar-refractivity contribution in [2.75, 3.05) is 0 Å². The van der Waals surface area contributed by atoms with Gasteiger partial charge in [0.05, 0.1) is 16.9 Å². The highest BCUT2D eigenvalue weighted by Gasteiger charge is 2.44. The van der Waals surface area contributed by atoms with E-state index in [1.165, 1.54) is 11.3 Å². The monoisotopic (exact) mass is 343 g/mol. The number of aromatic nitrogens is 2. The van der Waals surface area contributed by atoms with Crippen LogP contribution in [0.15, 0.2) is 24.5 Å². The van der Waals surface area contributed by atoms with Gasteiger partial charge in [-0.2, -0.15) is 0 Å². The molecule has 0 N–H and O–H groups in total. The number of hydrogen-bond acceptors (Lipinski definition) is 5. The van der Waals surface area contributed by atoms with Gasteiger partial charge in [-0.15, -0.1) is 11.3 Å². The first-order valence-electron chi connectivity index (χ1n) is 8.45. The Bertz CT molecular complexity index is 732. The summed E-state index contributed by atoms with van der Waals surface area (Å²) in [5, 5.41) is 0.956. The Hall–Kier alpha value is -1.95. The van der Waals surface area contributed by atoms with Gasteiger partial charge in [0, 0.05) is 31.1 Å². The zero-order chi connectivity index (χ0) is 16.7. The Kier molecular flexibility index (Phi) is 4.00. The minimum Gasteiger partial charge on any atom is -0.489 e. The smallest absolute Gasteiger partial charge is 0.266 e. The van der Waals surface area contributed by atoms with Crippen LogP contribution in [-0.2, 0) is 0 Å². The number of amides is 1. The number of piperidine rings is 1. The van der Waals surface area contributed by atoms with Crippen molar-refractivity contribution in [1.82, 2.24) is 14.9 Å². The number of carbonyl (C=O) groups excluding carboxylic acids is 1. The number of thiazole rings is 1. The molecule has 0 aromatic carbocycles. The van der Waals surface area contributed by atoms with E-state index in [1.54, 1.807) is 12.4 Å². The molecule has 0 radical (unpaired) electrons. The van der Waals surface area contributed by atoms with Crippen molar-refractivity contribution in [1.29, 1.82) is 0 Å². The normalized spacial score (nSPS) is 25.8. The summed E-state index contributed by atoms with van der Waals surface area (Å²) in [6.45, 7) is 3.88. The molecule has 24 heavy (non-hydrogen) atoms. The van der Waals surface area contributed by atoms with E-state index in [-0.39, 0.29) is 24.1 Å². The number of rotatable bonds is 3. The number of aryl methyl sites for hydroxylation is 2. The summed E-state index contributed by atoms with van der Waals surface area (Å²) < 4.78 is 6.09. The summed E-state index contributed by atoms with van der Waals surface area (Å²) in [6, 6.07) is 4.38. The van der Waals surface area contributed by atoms with Crippen molar-refractivity contribution in [3.05, 3.63) is 40.1 Å². The Morgan fingerprint density at radius 2 is 2.04 bits per heavy atom. The van der Waals surface area contributed by atoms with E-state index in [1.807, 2.05) is 26.0 Å². The molecule has 0 aliphatic carbocycles. The molecule has 0 spiro atoms. The van der Waals surface area contributed by atoms with Gasteiger partial charge >= 0.3 is 0 Å². The highest BCUT2D eigenvalue weighted by molar-refractivity contribution is 7.13. The Balaban J connectivity index is 1.49. The first-order chi connectivity index (χ1) is 11.6. The summed E-state index contributed by atoms with van der Waals surface area (Å²) in [7, 11) is 0. The van der Waals surface area contributed by atoms with Gasteiger partial charge in [-0.05, 0) is 38.8 Å². The third-order valence-corrected chi connectivity index (χ3v) is 6.02. The maximum absolute atomic E-state index is 13.0. The average Bonchev–Trinajstić information content (AvgIpc) is 3.04. The SMILES string of the molecule is Cc1nc(C)c(C(=O)N2C3CCC2CC(Oc2cccnc2)C3)s1. The van der Waals surface area contributed by atoms with Gasteiger partial charge in [-0.1, -0.05) is 0 Å². The lowest BCUT2D eigenvalue weighted by molar-refractivity contribution is 0.0361. The Labute approximate surface area is 145 Å². The summed E-state index contributed by atoms with van der Waals surface area (Å²) >= 11 is 1.51. The maximum Gasteiger partial charge on any atom is 0.266 e. The standard InChI is InChI=1S/C18H21N3O2S/c1-11-17(24-12(2)20-11)18(22)21-13-5-6-14(21)9-16(8-13)23-15-4-3-7-19-10-15/h3-4,7,10,13-14,16H,5-6,8-9H2,1-2H3. The predicted octanol–water partition coefficient (Wildman–Crippen LogP) is 3.37. The van der Waals surface area contributed by atoms with Crippen LogP contribution in [-0.4, -0.2) is 39.0 Å². The summed E-state index contributed by atoms with van der Waals surface area (Å²) in [5.74, 6) is 0.973. The second-order valence-electron chi connectivity index (χ2n) is 6.64. The molecule has 2 bridgehead atoms. The van der Waals surface area contributed by atoms with Crippen molar-refractivity contribution >= 4 is 17.2 Å². The molecule has 2 aromatic rings. The van der Waals surface area contributed by atoms with Crippen LogP contribution in [0.1, 0.15) is 46.1 Å². The van der Waals surface area contributed by atoms with Crippen molar-refractivity contribution in [2.45, 2.75) is 57.7 Å². The molecule has 126 valence electrons. The zero-order valence-corrected chi connectivity index (χ0v) is 14.8. The van der Waals surface area contributed by atoms with Crippen molar-refractivity contribution in [3.8, 4) is 5.75 Å². The summed E-state index contributed by atoms with van der Waals surface area (Å²) in [5.41, 5.74) is 0.857. The molecule has 4 heterocycles. The average molecular weight is 343 g/mol. The topological polar surface area (TPSA) is 55.3 Å². The number of pyridine rings is 1. The van der Waals surface area contributed by atoms with Gasteiger partial charge in [0.15, 0.2) is 0 Å². The minimum atomic E-state index is 0.158. The van der Waals surface area contributed by atoms with Crippen LogP contribution in [0, 0.1) is 13.8 Å². The van der Waals surface area contributed by atoms with Crippen LogP contribution >= 0.6 is 11.3 Å². The van der Waals surface area contributed by atoms with Gasteiger partial charge in [-0.25, -0.2) is 4.98 Å². The van der Waals surface area contributed by atoms with Gasteiger partial charge in [0.25, 0.3) is 5.91 Å². The molecule has 2 fully saturated rings. The van der Waals surface area contributed by atoms with Crippen molar-refractivity contribution in [3.63, 3.8) is 0 Å². The largest absolute Gasteiger partial charge is 0.489 e. The van der Waals surface area contributed by atoms with Crippen molar-refractivity contribution < 1.29 is 9.53 Å². The number of hydrogen-bond donors (Lipinski definition) is 0. The van der Waals surface area contributed by atoms with E-state index in [4.69, 9.17) is 4.74 Å². The second kappa shape index (κ2) is 6.16. The second-order valence-corrected chi connectivity index (χ2v) is 7.85. The summed E-state index contributed by atoms with van der Waals surface area (Å²) in [4.78, 5) is 24.4. The van der Waals surface area contributed by atoms with Gasteiger partial charge < -0.3 is 9.64 Å². The van der Waals surface area contributed by atoms with E-state index in [0.717, 1.165) is 47.0 Å². The van der Waals surface area contributed by atoms with Crippen LogP contribution in [0.4, 0.5) is 0 Å². The number of carbonyl (C=O) groups is 1. The van der Waals surface area contributed by atoms with Crippen LogP contribution in [0.5, 0.6) is 5.75 Å². The van der Waals surface area contributed by atoms with Crippen LogP contribution in [0.2, 0.25) is 0 Å². The molecular formula is C18H21N3O2S. The molecule has 2 saturated heterocycles. The highest BCUT2D eigenvalue weighted by Crippen LogP contribution is 2.39. The highest BCUT2D eigenvalue weighted by atomic mass is 32.1. The van der Waals surface area contributed by atoms with E-state index in [9.17, 15) is 4.79 Å². The Morgan fingerprint density at radius 3 is 2.62 bits per heavy atom. The fourth-order valence-electron chi connectivity index (χ4n) is 4.01. The maximum atomic E-state index is 13.0. The van der Waals surface area contributed by atoms with Crippen LogP contribution in [0.25, 0.3) is 0 Å². The van der Waals surface area contributed by atoms with E-state index < -0.39 is 0 Å². The molecule has 2 atom stereocenters. The molecule has 6 heteroatoms. The van der Waals surface area contributed by atoms with E-state index in [0.29, 0.717) is 0 Å². The molecule has 2 aromatic heterocycles. The van der Waals surface area contributed by atoms with Crippen LogP contribution < -0.4 is 4.74 Å². The molecule has 2 aliphatic heterocycles. The van der Waals surface area contributed by atoms with Crippen molar-refractivity contribution in [2.24, 2.45) is 0 Å². The molecule has 0 saturated carbocycles. The van der Waals surface area contributed by atoms with E-state index >= 15 is 0 Å². The Morgan fingerprint density at radius 1 is 1.29 bits per heavy atom. The molecule has 2 unspecified atom stereocenters. The fourth-order valence-corrected chi connectivity index (χ4v) is 4.88. The zero-order valence-electron chi connectivity index (χ0n) is 13.9. The number of fused-ring (bicyclic) bond motifs is 2. The molecular weight excluding hydrogens is 322 g/mol. The lowest BCUT2D eigenvalue weighted by Crippen LogP contribution is -2.49. The van der Waals surface area contributed by atoms with Gasteiger partial charge in [0.2, 0.25) is 0 Å². The first kappa shape index (κ1) is 15.6. The molecule has 4 rings (SSSR count). The van der Waals surface area contributed by atoms with E-state index in [2.05, 4.69) is 14.9 Å². The lowest BCUT2D eigenvalue weighted by Gasteiger charge is -2.38. The molecule has 2 aliphatic rings. The number of ether oxygens (including phenoxy) is 1. The quantitative estimate of drug-likeness (QED) is 0.857. The summed E-state index contributed by atoms with van der Waals surface area (Å²) in [6.07, 6.45) is 7.60. The number of nitrogens with zero attached hydrogens (tertiary/aromatic N) is 3.